The molecule has 0 bridgehead atoms. The molecule has 0 aliphatic rings. The standard InChI is InChI=1S/C21H26N2O5S/c1-4-5-6-16-8-10-17(11-9-16)23-29(26,27)18-12-7-14(2)19(13-18)21(25)28-15(3)20(22)24/h7-13,15,23H,4-6H2,1-3H3,(H2,22,24)/t15-/m1/s1. The zero-order valence-electron chi connectivity index (χ0n) is 16.8. The molecule has 0 saturated heterocycles. The third-order valence-corrected chi connectivity index (χ3v) is 5.83. The van der Waals surface area contributed by atoms with Crippen LogP contribution in [0.25, 0.3) is 0 Å². The summed E-state index contributed by atoms with van der Waals surface area (Å²) in [5.74, 6) is -1.60. The van der Waals surface area contributed by atoms with Gasteiger partial charge in [0.1, 0.15) is 0 Å². The first-order chi connectivity index (χ1) is 13.6. The van der Waals surface area contributed by atoms with Crippen molar-refractivity contribution in [1.82, 2.24) is 0 Å². The number of hydrogen-bond acceptors (Lipinski definition) is 5. The molecule has 3 N–H and O–H groups in total. The summed E-state index contributed by atoms with van der Waals surface area (Å²) >= 11 is 0. The Labute approximate surface area is 171 Å². The Kier molecular flexibility index (Phi) is 7.39. The van der Waals surface area contributed by atoms with Crippen molar-refractivity contribution >= 4 is 27.6 Å². The second-order valence-corrected chi connectivity index (χ2v) is 8.52. The number of carbonyl (C=O) groups excluding carboxylic acids is 2. The number of primary amides is 1. The molecular formula is C21H26N2O5S. The predicted octanol–water partition coefficient (Wildman–Crippen LogP) is 3.17. The highest BCUT2D eigenvalue weighted by atomic mass is 32.2. The average molecular weight is 419 g/mol. The van der Waals surface area contributed by atoms with Crippen molar-refractivity contribution in [2.75, 3.05) is 4.72 Å². The number of aryl methyl sites for hydroxylation is 2. The summed E-state index contributed by atoms with van der Waals surface area (Å²) in [7, 11) is -3.91. The fourth-order valence-electron chi connectivity index (χ4n) is 2.60. The highest BCUT2D eigenvalue weighted by molar-refractivity contribution is 7.92. The smallest absolute Gasteiger partial charge is 0.339 e. The molecule has 156 valence electrons. The van der Waals surface area contributed by atoms with Crippen LogP contribution in [0.1, 0.15) is 48.2 Å². The molecule has 7 nitrogen and oxygen atoms in total. The molecule has 29 heavy (non-hydrogen) atoms. The lowest BCUT2D eigenvalue weighted by molar-refractivity contribution is -0.125. The van der Waals surface area contributed by atoms with E-state index in [2.05, 4.69) is 11.6 Å². The minimum Gasteiger partial charge on any atom is -0.449 e. The van der Waals surface area contributed by atoms with Crippen LogP contribution in [0.15, 0.2) is 47.4 Å². The molecule has 0 saturated carbocycles. The van der Waals surface area contributed by atoms with E-state index in [1.54, 1.807) is 19.1 Å². The number of hydrogen-bond donors (Lipinski definition) is 2. The number of nitrogens with two attached hydrogens (primary N) is 1. The second-order valence-electron chi connectivity index (χ2n) is 6.83. The van der Waals surface area contributed by atoms with Gasteiger partial charge in [-0.3, -0.25) is 9.52 Å². The van der Waals surface area contributed by atoms with Crippen molar-refractivity contribution in [2.45, 2.75) is 51.0 Å². The Morgan fingerprint density at radius 1 is 1.14 bits per heavy atom. The largest absolute Gasteiger partial charge is 0.449 e. The SMILES string of the molecule is CCCCc1ccc(NS(=O)(=O)c2ccc(C)c(C(=O)O[C@H](C)C(N)=O)c2)cc1. The average Bonchev–Trinajstić information content (AvgIpc) is 2.67. The van der Waals surface area contributed by atoms with Crippen LogP contribution in [0.4, 0.5) is 5.69 Å². The van der Waals surface area contributed by atoms with Crippen molar-refractivity contribution in [3.05, 3.63) is 59.2 Å². The molecule has 0 unspecified atom stereocenters. The van der Waals surface area contributed by atoms with Crippen LogP contribution in [-0.2, 0) is 26.0 Å². The Hall–Kier alpha value is -2.87. The van der Waals surface area contributed by atoms with Crippen LogP contribution < -0.4 is 10.5 Å². The Morgan fingerprint density at radius 3 is 2.38 bits per heavy atom. The highest BCUT2D eigenvalue weighted by Gasteiger charge is 2.21. The number of carbonyl (C=O) groups is 2. The summed E-state index contributed by atoms with van der Waals surface area (Å²) in [5.41, 5.74) is 7.24. The van der Waals surface area contributed by atoms with Gasteiger partial charge in [-0.2, -0.15) is 0 Å². The van der Waals surface area contributed by atoms with Crippen molar-refractivity contribution in [3.63, 3.8) is 0 Å². The third kappa shape index (κ3) is 6.05. The number of ether oxygens (including phenoxy) is 1. The molecule has 0 heterocycles. The van der Waals surface area contributed by atoms with Gasteiger partial charge < -0.3 is 10.5 Å². The van der Waals surface area contributed by atoms with Gasteiger partial charge in [-0.25, -0.2) is 13.2 Å². The lowest BCUT2D eigenvalue weighted by Gasteiger charge is -2.13. The highest BCUT2D eigenvalue weighted by Crippen LogP contribution is 2.21. The molecule has 1 atom stereocenters. The molecule has 8 heteroatoms. The molecule has 0 radical (unpaired) electrons. The summed E-state index contributed by atoms with van der Waals surface area (Å²) in [5, 5.41) is 0. The Morgan fingerprint density at radius 2 is 1.79 bits per heavy atom. The zero-order valence-corrected chi connectivity index (χ0v) is 17.6. The quantitative estimate of drug-likeness (QED) is 0.607. The lowest BCUT2D eigenvalue weighted by atomic mass is 10.1. The van der Waals surface area contributed by atoms with E-state index in [-0.39, 0.29) is 10.5 Å². The summed E-state index contributed by atoms with van der Waals surface area (Å²) in [6, 6.07) is 11.3. The molecule has 0 spiro atoms. The molecule has 0 aliphatic heterocycles. The summed E-state index contributed by atoms with van der Waals surface area (Å²) in [4.78, 5) is 23.3. The number of unbranched alkanes of at least 4 members (excludes halogenated alkanes) is 1. The van der Waals surface area contributed by atoms with Gasteiger partial charge in [0.25, 0.3) is 15.9 Å². The number of benzene rings is 2. The van der Waals surface area contributed by atoms with Crippen molar-refractivity contribution in [1.29, 1.82) is 0 Å². The first kappa shape index (κ1) is 22.4. The van der Waals surface area contributed by atoms with E-state index in [4.69, 9.17) is 10.5 Å². The lowest BCUT2D eigenvalue weighted by Crippen LogP contribution is -2.30. The van der Waals surface area contributed by atoms with Crippen LogP contribution in [0.5, 0.6) is 0 Å². The van der Waals surface area contributed by atoms with E-state index >= 15 is 0 Å². The van der Waals surface area contributed by atoms with Gasteiger partial charge in [0.15, 0.2) is 6.10 Å². The number of anilines is 1. The first-order valence-electron chi connectivity index (χ1n) is 9.36. The molecular weight excluding hydrogens is 392 g/mol. The first-order valence-corrected chi connectivity index (χ1v) is 10.8. The van der Waals surface area contributed by atoms with Gasteiger partial charge in [-0.15, -0.1) is 0 Å². The molecule has 1 amide bonds. The van der Waals surface area contributed by atoms with Gasteiger partial charge >= 0.3 is 5.97 Å². The van der Waals surface area contributed by atoms with E-state index < -0.39 is 28.0 Å². The van der Waals surface area contributed by atoms with Crippen molar-refractivity contribution in [2.24, 2.45) is 5.73 Å². The molecule has 2 rings (SSSR count). The summed E-state index contributed by atoms with van der Waals surface area (Å²) in [6.45, 7) is 5.11. The van der Waals surface area contributed by atoms with Gasteiger partial charge in [-0.1, -0.05) is 31.5 Å². The number of rotatable bonds is 9. The number of nitrogens with one attached hydrogen (secondary N) is 1. The molecule has 2 aromatic carbocycles. The fraction of sp³-hybridized carbons (Fsp3) is 0.333. The van der Waals surface area contributed by atoms with Crippen LogP contribution >= 0.6 is 0 Å². The van der Waals surface area contributed by atoms with Crippen LogP contribution in [0, 0.1) is 6.92 Å². The van der Waals surface area contributed by atoms with E-state index in [1.165, 1.54) is 25.1 Å². The molecule has 2 aromatic rings. The maximum Gasteiger partial charge on any atom is 0.339 e. The zero-order chi connectivity index (χ0) is 21.6. The van der Waals surface area contributed by atoms with E-state index in [9.17, 15) is 18.0 Å². The second kappa shape index (κ2) is 9.56. The third-order valence-electron chi connectivity index (χ3n) is 4.45. The molecule has 0 fully saturated rings. The van der Waals surface area contributed by atoms with Crippen molar-refractivity contribution in [3.8, 4) is 0 Å². The van der Waals surface area contributed by atoms with Gasteiger partial charge in [-0.05, 0) is 62.1 Å². The Balaban J connectivity index is 2.22. The van der Waals surface area contributed by atoms with Crippen LogP contribution in [-0.4, -0.2) is 26.4 Å². The summed E-state index contributed by atoms with van der Waals surface area (Å²) < 4.78 is 33.0. The van der Waals surface area contributed by atoms with E-state index in [0.29, 0.717) is 11.3 Å². The molecule has 0 aliphatic carbocycles. The predicted molar refractivity (Wildman–Crippen MR) is 111 cm³/mol. The van der Waals surface area contributed by atoms with Gasteiger partial charge in [0.2, 0.25) is 0 Å². The fourth-order valence-corrected chi connectivity index (χ4v) is 3.69. The van der Waals surface area contributed by atoms with Gasteiger partial charge in [0.05, 0.1) is 10.5 Å². The maximum absolute atomic E-state index is 12.7. The normalized spacial score (nSPS) is 12.2. The van der Waals surface area contributed by atoms with Crippen LogP contribution in [0.2, 0.25) is 0 Å². The topological polar surface area (TPSA) is 116 Å². The van der Waals surface area contributed by atoms with E-state index in [0.717, 1.165) is 24.8 Å². The Bertz CT molecular complexity index is 985. The monoisotopic (exact) mass is 418 g/mol. The van der Waals surface area contributed by atoms with E-state index in [1.807, 2.05) is 12.1 Å². The van der Waals surface area contributed by atoms with Crippen LogP contribution in [0.3, 0.4) is 0 Å². The molecule has 0 aromatic heterocycles. The van der Waals surface area contributed by atoms with Crippen molar-refractivity contribution < 1.29 is 22.7 Å². The number of sulfonamides is 1. The van der Waals surface area contributed by atoms with Gasteiger partial charge in [0, 0.05) is 5.69 Å². The minimum atomic E-state index is -3.91. The number of amides is 1. The number of esters is 1. The summed E-state index contributed by atoms with van der Waals surface area (Å²) in [6.07, 6.45) is 1.98. The minimum absolute atomic E-state index is 0.0517. The maximum atomic E-state index is 12.7.